The van der Waals surface area contributed by atoms with E-state index in [4.69, 9.17) is 0 Å². The van der Waals surface area contributed by atoms with Crippen molar-refractivity contribution in [3.05, 3.63) is 102 Å². The Morgan fingerprint density at radius 3 is 1.95 bits per heavy atom. The number of hydrogen-bond acceptors (Lipinski definition) is 3. The Bertz CT molecular complexity index is 1310. The average Bonchev–Trinajstić information content (AvgIpc) is 3.26. The van der Waals surface area contributed by atoms with Crippen LogP contribution in [0.4, 0.5) is 5.82 Å². The fraction of sp³-hybridized carbons (Fsp3) is 0.250. The van der Waals surface area contributed by atoms with Gasteiger partial charge < -0.3 is 14.4 Å². The highest BCUT2D eigenvalue weighted by Gasteiger charge is 2.28. The number of hydrogen-bond donors (Lipinski definition) is 1. The van der Waals surface area contributed by atoms with Crippen LogP contribution in [0.2, 0.25) is 0 Å². The highest BCUT2D eigenvalue weighted by Crippen LogP contribution is 2.43. The maximum absolute atomic E-state index is 9.34. The van der Waals surface area contributed by atoms with Crippen LogP contribution in [-0.4, -0.2) is 61.2 Å². The first-order valence-electron chi connectivity index (χ1n) is 12.8. The predicted molar refractivity (Wildman–Crippen MR) is 157 cm³/mol. The third-order valence-electron chi connectivity index (χ3n) is 6.68. The van der Waals surface area contributed by atoms with Crippen molar-refractivity contribution in [1.29, 1.82) is 5.41 Å². The smallest absolute Gasteiger partial charge is 0.143 e. The first kappa shape index (κ1) is 26.1. The lowest BCUT2D eigenvalue weighted by Crippen LogP contribution is -2.30. The molecule has 0 saturated heterocycles. The lowest BCUT2D eigenvalue weighted by molar-refractivity contribution is 0.369. The Labute approximate surface area is 221 Å². The molecule has 4 rings (SSSR count). The highest BCUT2D eigenvalue weighted by atomic mass is 15.2. The first-order chi connectivity index (χ1) is 18.0. The molecule has 0 radical (unpaired) electrons. The second kappa shape index (κ2) is 12.3. The number of benzene rings is 3. The van der Waals surface area contributed by atoms with Crippen molar-refractivity contribution in [1.82, 2.24) is 14.4 Å². The van der Waals surface area contributed by atoms with Gasteiger partial charge in [-0.1, -0.05) is 91.0 Å². The molecule has 4 aromatic rings. The first-order valence-corrected chi connectivity index (χ1v) is 12.8. The number of aliphatic imine (C=N–C) groups is 1. The van der Waals surface area contributed by atoms with Crippen LogP contribution in [0.25, 0.3) is 22.4 Å². The molecule has 5 nitrogen and oxygen atoms in total. The third kappa shape index (κ3) is 6.07. The summed E-state index contributed by atoms with van der Waals surface area (Å²) < 4.78 is 2.26. The molecule has 37 heavy (non-hydrogen) atoms. The molecular weight excluding hydrogens is 454 g/mol. The summed E-state index contributed by atoms with van der Waals surface area (Å²) in [5.74, 6) is 1.22. The van der Waals surface area contributed by atoms with Gasteiger partial charge in [-0.15, -0.1) is 0 Å². The molecular formula is C32H37N5. The summed E-state index contributed by atoms with van der Waals surface area (Å²) in [4.78, 5) is 8.78. The van der Waals surface area contributed by atoms with Gasteiger partial charge in [0, 0.05) is 25.7 Å². The Morgan fingerprint density at radius 2 is 1.38 bits per heavy atom. The summed E-state index contributed by atoms with van der Waals surface area (Å²) in [5, 5.41) is 9.34. The number of aromatic nitrogens is 1. The third-order valence-corrected chi connectivity index (χ3v) is 6.68. The number of amidine groups is 1. The molecule has 0 aliphatic heterocycles. The summed E-state index contributed by atoms with van der Waals surface area (Å²) >= 11 is 0. The minimum Gasteiger partial charge on any atom is -0.359 e. The van der Waals surface area contributed by atoms with Gasteiger partial charge in [0.05, 0.1) is 11.3 Å². The molecule has 0 saturated carbocycles. The fourth-order valence-electron chi connectivity index (χ4n) is 4.81. The molecule has 0 fully saturated rings. The van der Waals surface area contributed by atoms with Crippen molar-refractivity contribution >= 4 is 18.4 Å². The van der Waals surface area contributed by atoms with Crippen molar-refractivity contribution in [2.45, 2.75) is 19.4 Å². The van der Waals surface area contributed by atoms with Gasteiger partial charge in [0.1, 0.15) is 11.7 Å². The van der Waals surface area contributed by atoms with Crippen molar-refractivity contribution < 1.29 is 0 Å². The maximum Gasteiger partial charge on any atom is 0.143 e. The lowest BCUT2D eigenvalue weighted by atomic mass is 9.96. The van der Waals surface area contributed by atoms with E-state index in [-0.39, 0.29) is 0 Å². The Hall–Kier alpha value is -3.96. The molecule has 0 spiro atoms. The molecule has 0 atom stereocenters. The maximum atomic E-state index is 9.34. The minimum absolute atomic E-state index is 0.468. The van der Waals surface area contributed by atoms with Crippen LogP contribution >= 0.6 is 0 Å². The van der Waals surface area contributed by atoms with Gasteiger partial charge >= 0.3 is 0 Å². The molecule has 3 aromatic carbocycles. The monoisotopic (exact) mass is 491 g/mol. The topological polar surface area (TPSA) is 47.6 Å². The zero-order valence-electron chi connectivity index (χ0n) is 22.2. The van der Waals surface area contributed by atoms with Crippen molar-refractivity contribution in [3.8, 4) is 22.4 Å². The summed E-state index contributed by atoms with van der Waals surface area (Å²) in [6, 6.07) is 31.4. The second-order valence-electron chi connectivity index (χ2n) is 9.63. The normalized spacial score (nSPS) is 11.0. The molecule has 1 aromatic heterocycles. The highest BCUT2D eigenvalue weighted by molar-refractivity contribution is 6.10. The molecule has 0 bridgehead atoms. The summed E-state index contributed by atoms with van der Waals surface area (Å²) in [7, 11) is 6.16. The van der Waals surface area contributed by atoms with E-state index < -0.39 is 0 Å². The van der Waals surface area contributed by atoms with Crippen LogP contribution in [0.1, 0.15) is 17.5 Å². The van der Waals surface area contributed by atoms with E-state index in [1.807, 2.05) is 30.1 Å². The number of aryl methyl sites for hydroxylation is 1. The number of nitrogens with zero attached hydrogens (tertiary/aromatic N) is 4. The molecule has 190 valence electrons. The Morgan fingerprint density at radius 1 is 0.811 bits per heavy atom. The standard InChI is InChI=1S/C32H37N5/c1-34-32-29(31(33)36(4)23-14-22-35(2)3)28(26-17-10-6-11-18-26)30(27-19-12-7-13-20-27)37(32)24-21-25-15-8-5-9-16-25/h5-13,15-20,33H,1,14,21-24H2,2-4H3. The van der Waals surface area contributed by atoms with Crippen molar-refractivity contribution in [3.63, 3.8) is 0 Å². The van der Waals surface area contributed by atoms with E-state index in [9.17, 15) is 5.41 Å². The lowest BCUT2D eigenvalue weighted by Gasteiger charge is -2.22. The van der Waals surface area contributed by atoms with Crippen LogP contribution in [-0.2, 0) is 13.0 Å². The Kier molecular flexibility index (Phi) is 8.70. The van der Waals surface area contributed by atoms with Gasteiger partial charge in [0.15, 0.2) is 0 Å². The zero-order valence-corrected chi connectivity index (χ0v) is 22.2. The van der Waals surface area contributed by atoms with E-state index in [0.29, 0.717) is 5.84 Å². The minimum atomic E-state index is 0.468. The van der Waals surface area contributed by atoms with Crippen molar-refractivity contribution in [2.75, 3.05) is 34.2 Å². The largest absolute Gasteiger partial charge is 0.359 e. The van der Waals surface area contributed by atoms with E-state index in [1.54, 1.807) is 0 Å². The summed E-state index contributed by atoms with van der Waals surface area (Å²) in [5.41, 5.74) is 6.39. The van der Waals surface area contributed by atoms with Gasteiger partial charge in [0.2, 0.25) is 0 Å². The van der Waals surface area contributed by atoms with Crippen LogP contribution in [0, 0.1) is 5.41 Å². The molecule has 0 aliphatic carbocycles. The molecule has 5 heteroatoms. The molecule has 0 amide bonds. The van der Waals surface area contributed by atoms with E-state index in [2.05, 4.69) is 108 Å². The van der Waals surface area contributed by atoms with Gasteiger partial charge in [-0.25, -0.2) is 4.99 Å². The number of nitrogens with one attached hydrogen (secondary N) is 1. The summed E-state index contributed by atoms with van der Waals surface area (Å²) in [6.07, 6.45) is 1.83. The van der Waals surface area contributed by atoms with Gasteiger partial charge in [-0.2, -0.15) is 0 Å². The fourth-order valence-corrected chi connectivity index (χ4v) is 4.81. The van der Waals surface area contributed by atoms with Crippen LogP contribution in [0.15, 0.2) is 96.0 Å². The SMILES string of the molecule is C=Nc1c(C(=N)N(C)CCCN(C)C)c(-c2ccccc2)c(-c2ccccc2)n1CCc1ccccc1. The zero-order chi connectivity index (χ0) is 26.2. The van der Waals surface area contributed by atoms with E-state index >= 15 is 0 Å². The Balaban J connectivity index is 1.90. The number of rotatable bonds is 11. The van der Waals surface area contributed by atoms with Gasteiger partial charge in [0.25, 0.3) is 0 Å². The van der Waals surface area contributed by atoms with Crippen molar-refractivity contribution in [2.24, 2.45) is 4.99 Å². The van der Waals surface area contributed by atoms with Gasteiger partial charge in [-0.05, 0) is 56.9 Å². The van der Waals surface area contributed by atoms with E-state index in [0.717, 1.165) is 66.2 Å². The van der Waals surface area contributed by atoms with Crippen LogP contribution in [0.3, 0.4) is 0 Å². The molecule has 0 unspecified atom stereocenters. The van der Waals surface area contributed by atoms with Crippen LogP contribution in [0.5, 0.6) is 0 Å². The van der Waals surface area contributed by atoms with Crippen LogP contribution < -0.4 is 0 Å². The summed E-state index contributed by atoms with van der Waals surface area (Å²) in [6.45, 7) is 6.48. The molecule has 0 aliphatic rings. The molecule has 1 N–H and O–H groups in total. The van der Waals surface area contributed by atoms with Gasteiger partial charge in [-0.3, -0.25) is 5.41 Å². The predicted octanol–water partition coefficient (Wildman–Crippen LogP) is 6.61. The second-order valence-corrected chi connectivity index (χ2v) is 9.63. The quantitative estimate of drug-likeness (QED) is 0.190. The van der Waals surface area contributed by atoms with E-state index in [1.165, 1.54) is 5.56 Å². The molecule has 1 heterocycles. The average molecular weight is 492 g/mol.